The van der Waals surface area contributed by atoms with Gasteiger partial charge in [0.25, 0.3) is 0 Å². The maximum absolute atomic E-state index is 5.40. The first-order valence-corrected chi connectivity index (χ1v) is 2.93. The van der Waals surface area contributed by atoms with Crippen molar-refractivity contribution in [3.63, 3.8) is 0 Å². The fourth-order valence-corrected chi connectivity index (χ4v) is 0.808. The van der Waals surface area contributed by atoms with Crippen LogP contribution in [0.15, 0.2) is 12.4 Å². The summed E-state index contributed by atoms with van der Waals surface area (Å²) in [6, 6.07) is 0. The second-order valence-electron chi connectivity index (χ2n) is 1.91. The molecule has 1 aromatic rings. The van der Waals surface area contributed by atoms with Crippen LogP contribution in [0.5, 0.6) is 0 Å². The van der Waals surface area contributed by atoms with Crippen LogP contribution in [0.2, 0.25) is 0 Å². The van der Waals surface area contributed by atoms with Gasteiger partial charge in [-0.05, 0) is 11.1 Å². The van der Waals surface area contributed by atoms with Crippen LogP contribution in [-0.4, -0.2) is 4.98 Å². The molecule has 0 saturated carbocycles. The van der Waals surface area contributed by atoms with Crippen LogP contribution in [0.1, 0.15) is 11.1 Å². The zero-order chi connectivity index (χ0) is 6.69. The molecule has 0 atom stereocenters. The first-order valence-electron chi connectivity index (χ1n) is 2.93. The summed E-state index contributed by atoms with van der Waals surface area (Å²) in [7, 11) is 0. The standard InChI is InChI=1S/C6H11N3/c7-1-5-3-9-4-6(5)2-8/h3-4,9H,1-2,7-8H2. The SMILES string of the molecule is NCc1c[nH]cc1CN. The number of aromatic amines is 1. The second-order valence-corrected chi connectivity index (χ2v) is 1.91. The van der Waals surface area contributed by atoms with Crippen LogP contribution in [0.3, 0.4) is 0 Å². The third kappa shape index (κ3) is 1.12. The molecule has 3 heteroatoms. The molecular formula is C6H11N3. The van der Waals surface area contributed by atoms with Gasteiger partial charge < -0.3 is 16.5 Å². The van der Waals surface area contributed by atoms with E-state index < -0.39 is 0 Å². The summed E-state index contributed by atoms with van der Waals surface area (Å²) in [6.45, 7) is 1.13. The van der Waals surface area contributed by atoms with Gasteiger partial charge in [0.15, 0.2) is 0 Å². The Balaban J connectivity index is 2.85. The van der Waals surface area contributed by atoms with Crippen molar-refractivity contribution in [2.45, 2.75) is 13.1 Å². The van der Waals surface area contributed by atoms with Crippen LogP contribution in [-0.2, 0) is 13.1 Å². The van der Waals surface area contributed by atoms with Crippen molar-refractivity contribution in [2.75, 3.05) is 0 Å². The van der Waals surface area contributed by atoms with Crippen molar-refractivity contribution >= 4 is 0 Å². The highest BCUT2D eigenvalue weighted by Gasteiger charge is 1.96. The number of rotatable bonds is 2. The normalized spacial score (nSPS) is 10.0. The Kier molecular flexibility index (Phi) is 1.87. The minimum absolute atomic E-state index is 0.566. The predicted molar refractivity (Wildman–Crippen MR) is 36.6 cm³/mol. The van der Waals surface area contributed by atoms with E-state index in [4.69, 9.17) is 11.5 Å². The molecule has 0 aliphatic heterocycles. The van der Waals surface area contributed by atoms with Crippen molar-refractivity contribution in [1.82, 2.24) is 4.98 Å². The molecule has 0 fully saturated rings. The molecule has 9 heavy (non-hydrogen) atoms. The lowest BCUT2D eigenvalue weighted by atomic mass is 10.2. The van der Waals surface area contributed by atoms with Crippen LogP contribution in [0.25, 0.3) is 0 Å². The maximum atomic E-state index is 5.40. The Morgan fingerprint density at radius 2 is 1.56 bits per heavy atom. The van der Waals surface area contributed by atoms with Crippen LogP contribution >= 0.6 is 0 Å². The number of hydrogen-bond acceptors (Lipinski definition) is 2. The summed E-state index contributed by atoms with van der Waals surface area (Å²) in [5, 5.41) is 0. The molecule has 0 aromatic carbocycles. The Hall–Kier alpha value is -0.800. The topological polar surface area (TPSA) is 67.8 Å². The zero-order valence-corrected chi connectivity index (χ0v) is 5.22. The number of nitrogens with one attached hydrogen (secondary N) is 1. The lowest BCUT2D eigenvalue weighted by molar-refractivity contribution is 0.994. The predicted octanol–water partition coefficient (Wildman–Crippen LogP) is -0.0679. The molecular weight excluding hydrogens is 114 g/mol. The average Bonchev–Trinajstić information content (AvgIpc) is 2.33. The quantitative estimate of drug-likeness (QED) is 0.518. The summed E-state index contributed by atoms with van der Waals surface area (Å²) in [6.07, 6.45) is 3.75. The third-order valence-corrected chi connectivity index (χ3v) is 1.37. The number of H-pyrrole nitrogens is 1. The molecule has 0 radical (unpaired) electrons. The minimum Gasteiger partial charge on any atom is -0.367 e. The molecule has 1 rings (SSSR count). The van der Waals surface area contributed by atoms with E-state index in [-0.39, 0.29) is 0 Å². The molecule has 0 saturated heterocycles. The Morgan fingerprint density at radius 3 is 1.89 bits per heavy atom. The number of aromatic nitrogens is 1. The third-order valence-electron chi connectivity index (χ3n) is 1.37. The molecule has 50 valence electrons. The molecule has 5 N–H and O–H groups in total. The maximum Gasteiger partial charge on any atom is 0.0196 e. The monoisotopic (exact) mass is 125 g/mol. The van der Waals surface area contributed by atoms with Gasteiger partial charge in [-0.2, -0.15) is 0 Å². The van der Waals surface area contributed by atoms with E-state index in [1.807, 2.05) is 12.4 Å². The summed E-state index contributed by atoms with van der Waals surface area (Å²) in [5.41, 5.74) is 13.0. The summed E-state index contributed by atoms with van der Waals surface area (Å²) >= 11 is 0. The molecule has 3 nitrogen and oxygen atoms in total. The van der Waals surface area contributed by atoms with Gasteiger partial charge in [0.1, 0.15) is 0 Å². The summed E-state index contributed by atoms with van der Waals surface area (Å²) < 4.78 is 0. The highest BCUT2D eigenvalue weighted by Crippen LogP contribution is 2.04. The van der Waals surface area contributed by atoms with Crippen LogP contribution < -0.4 is 11.5 Å². The van der Waals surface area contributed by atoms with E-state index in [0.717, 1.165) is 11.1 Å². The summed E-state index contributed by atoms with van der Waals surface area (Å²) in [4.78, 5) is 2.94. The molecule has 0 aliphatic rings. The summed E-state index contributed by atoms with van der Waals surface area (Å²) in [5.74, 6) is 0. The second kappa shape index (κ2) is 2.66. The van der Waals surface area contributed by atoms with E-state index in [0.29, 0.717) is 13.1 Å². The van der Waals surface area contributed by atoms with Gasteiger partial charge in [0.2, 0.25) is 0 Å². The number of nitrogens with two attached hydrogens (primary N) is 2. The molecule has 1 aromatic heterocycles. The van der Waals surface area contributed by atoms with Gasteiger partial charge >= 0.3 is 0 Å². The van der Waals surface area contributed by atoms with Crippen LogP contribution in [0.4, 0.5) is 0 Å². The van der Waals surface area contributed by atoms with Gasteiger partial charge in [0.05, 0.1) is 0 Å². The number of hydrogen-bond donors (Lipinski definition) is 3. The van der Waals surface area contributed by atoms with Crippen molar-refractivity contribution in [3.8, 4) is 0 Å². The van der Waals surface area contributed by atoms with E-state index in [1.54, 1.807) is 0 Å². The Labute approximate surface area is 54.1 Å². The Bertz CT molecular complexity index is 162. The van der Waals surface area contributed by atoms with Crippen molar-refractivity contribution < 1.29 is 0 Å². The van der Waals surface area contributed by atoms with Crippen molar-refractivity contribution in [2.24, 2.45) is 11.5 Å². The van der Waals surface area contributed by atoms with Crippen molar-refractivity contribution in [3.05, 3.63) is 23.5 Å². The van der Waals surface area contributed by atoms with E-state index >= 15 is 0 Å². The zero-order valence-electron chi connectivity index (χ0n) is 5.22. The molecule has 0 spiro atoms. The Morgan fingerprint density at radius 1 is 1.11 bits per heavy atom. The smallest absolute Gasteiger partial charge is 0.0196 e. The largest absolute Gasteiger partial charge is 0.367 e. The lowest BCUT2D eigenvalue weighted by Crippen LogP contribution is -2.02. The first-order chi connectivity index (χ1) is 4.38. The first kappa shape index (κ1) is 6.32. The van der Waals surface area contributed by atoms with Gasteiger partial charge in [-0.15, -0.1) is 0 Å². The van der Waals surface area contributed by atoms with E-state index in [9.17, 15) is 0 Å². The van der Waals surface area contributed by atoms with Gasteiger partial charge in [-0.3, -0.25) is 0 Å². The molecule has 1 heterocycles. The van der Waals surface area contributed by atoms with Gasteiger partial charge in [0, 0.05) is 25.5 Å². The molecule has 0 unspecified atom stereocenters. The fraction of sp³-hybridized carbons (Fsp3) is 0.333. The highest BCUT2D eigenvalue weighted by atomic mass is 14.7. The molecule has 0 amide bonds. The van der Waals surface area contributed by atoms with Crippen LogP contribution in [0, 0.1) is 0 Å². The molecule has 0 aliphatic carbocycles. The van der Waals surface area contributed by atoms with E-state index in [1.165, 1.54) is 0 Å². The van der Waals surface area contributed by atoms with Gasteiger partial charge in [-0.1, -0.05) is 0 Å². The fourth-order valence-electron chi connectivity index (χ4n) is 0.808. The van der Waals surface area contributed by atoms with Crippen molar-refractivity contribution in [1.29, 1.82) is 0 Å². The lowest BCUT2D eigenvalue weighted by Gasteiger charge is -1.93. The minimum atomic E-state index is 0.566. The van der Waals surface area contributed by atoms with Gasteiger partial charge in [-0.25, -0.2) is 0 Å². The highest BCUT2D eigenvalue weighted by molar-refractivity contribution is 5.22. The van der Waals surface area contributed by atoms with E-state index in [2.05, 4.69) is 4.98 Å². The molecule has 0 bridgehead atoms. The average molecular weight is 125 g/mol.